The topological polar surface area (TPSA) is 187 Å². The van der Waals surface area contributed by atoms with E-state index in [1.807, 2.05) is 19.9 Å². The lowest BCUT2D eigenvalue weighted by atomic mass is 9.82. The second kappa shape index (κ2) is 16.9. The van der Waals surface area contributed by atoms with E-state index in [2.05, 4.69) is 24.1 Å². The number of ketones is 1. The Morgan fingerprint density at radius 3 is 2.43 bits per heavy atom. The summed E-state index contributed by atoms with van der Waals surface area (Å²) in [7, 11) is 1.53. The fourth-order valence-corrected chi connectivity index (χ4v) is 9.21. The lowest BCUT2D eigenvalue weighted by Crippen LogP contribution is -2.39. The number of amides is 1. The van der Waals surface area contributed by atoms with Crippen LogP contribution in [0.3, 0.4) is 0 Å². The first-order valence-corrected chi connectivity index (χ1v) is 21.0. The number of aromatic nitrogens is 1. The van der Waals surface area contributed by atoms with E-state index in [1.165, 1.54) is 34.1 Å². The number of anilines is 2. The van der Waals surface area contributed by atoms with Crippen LogP contribution in [0.4, 0.5) is 11.4 Å². The number of hydrogen-bond donors (Lipinski definition) is 3. The van der Waals surface area contributed by atoms with Crippen molar-refractivity contribution in [1.82, 2.24) is 4.98 Å². The Morgan fingerprint density at radius 2 is 1.74 bits per heavy atom. The minimum absolute atomic E-state index is 0.0358. The molecule has 1 fully saturated rings. The van der Waals surface area contributed by atoms with Crippen LogP contribution in [0.15, 0.2) is 57.5 Å². The van der Waals surface area contributed by atoms with Crippen molar-refractivity contribution in [2.75, 3.05) is 30.4 Å². The second-order valence-electron chi connectivity index (χ2n) is 17.2. The standard InChI is InChI=1S/C47H55N3O11/c1-23-13-12-14-25(3)46(56)49-39-41(54)35-34(38-44(39)60-33-22-30(50-16-10-11-17-50)21-31(52)37(33)48-38)36-43(28(6)40(35)53)61-47(8,45(36)55)58-18-15-32(57-9)27(5)42(59-29(7)51)26(4)20-24(2)19-23/h12-15,18,21-24,26-27,32,42,52-53H,10-11,16-17,19-20H2,1-9H3,(H,49,56)/b13-12+,18-15+,25-14-/t23-,24+,26+,27+,32-,42-,47-/m0/s1. The van der Waals surface area contributed by atoms with E-state index in [0.717, 1.165) is 38.8 Å². The van der Waals surface area contributed by atoms with Gasteiger partial charge in [-0.1, -0.05) is 45.9 Å². The number of nitrogens with one attached hydrogen (secondary N) is 1. The molecule has 324 valence electrons. The summed E-state index contributed by atoms with van der Waals surface area (Å²) in [5.74, 6) is -4.63. The molecule has 4 heterocycles. The van der Waals surface area contributed by atoms with Crippen LogP contribution in [0.5, 0.6) is 17.2 Å². The van der Waals surface area contributed by atoms with Crippen LogP contribution >= 0.6 is 0 Å². The average molecular weight is 838 g/mol. The third-order valence-corrected chi connectivity index (χ3v) is 12.3. The van der Waals surface area contributed by atoms with E-state index in [0.29, 0.717) is 5.69 Å². The number of benzene rings is 3. The summed E-state index contributed by atoms with van der Waals surface area (Å²) >= 11 is 0. The number of aromatic hydroxyl groups is 2. The molecule has 4 aliphatic heterocycles. The number of Topliss-reactive ketones (excluding diaryl/α,β-unsaturated/α-hetero) is 1. The fraction of sp³-hybridized carbons (Fsp3) is 0.468. The lowest BCUT2D eigenvalue weighted by molar-refractivity contribution is -0.155. The van der Waals surface area contributed by atoms with Gasteiger partial charge in [0.05, 0.1) is 23.3 Å². The van der Waals surface area contributed by atoms with Crippen molar-refractivity contribution in [2.45, 2.75) is 99.1 Å². The maximum absolute atomic E-state index is 14.7. The number of methoxy groups -OCH3 is 1. The van der Waals surface area contributed by atoms with Crippen molar-refractivity contribution < 1.29 is 48.0 Å². The lowest BCUT2D eigenvalue weighted by Gasteiger charge is -2.33. The molecule has 1 saturated heterocycles. The fourth-order valence-electron chi connectivity index (χ4n) is 9.21. The smallest absolute Gasteiger partial charge is 0.312 e. The number of fused-ring (bicyclic) bond motifs is 2. The number of phenols is 2. The zero-order valence-electron chi connectivity index (χ0n) is 36.2. The number of esters is 1. The molecule has 14 nitrogen and oxygen atoms in total. The summed E-state index contributed by atoms with van der Waals surface area (Å²) in [5.41, 5.74) is -0.0800. The van der Waals surface area contributed by atoms with Crippen LogP contribution in [0.2, 0.25) is 0 Å². The number of hydrogen-bond acceptors (Lipinski definition) is 13. The Kier molecular flexibility index (Phi) is 12.0. The number of nitrogens with zero attached hydrogens (tertiary/aromatic N) is 2. The molecule has 0 unspecified atom stereocenters. The van der Waals surface area contributed by atoms with E-state index in [4.69, 9.17) is 28.3 Å². The predicted octanol–water partition coefficient (Wildman–Crippen LogP) is 8.31. The van der Waals surface area contributed by atoms with Crippen molar-refractivity contribution in [1.29, 1.82) is 0 Å². The van der Waals surface area contributed by atoms with E-state index >= 15 is 0 Å². The van der Waals surface area contributed by atoms with Gasteiger partial charge in [-0.05, 0) is 63.4 Å². The Labute approximate surface area is 354 Å². The van der Waals surface area contributed by atoms with Crippen LogP contribution in [-0.2, 0) is 23.8 Å². The van der Waals surface area contributed by atoms with Crippen molar-refractivity contribution >= 4 is 50.9 Å². The Balaban J connectivity index is 1.44. The SMILES string of the molecule is CO[C@H]1/C=C/O[C@@]2(C)Oc3c(C)c(O)c4c(=O)c(c5oc6cc(N7CCCC7)cc(O)c6nc-5c4c3C2=O)NC(=O)/C(C)=C\C=C\[C@H](C)C[C@@H](C)C[C@@H](C)[C@H](OC(C)=O)[C@@H]1C. The number of phenolic OH excluding ortho intramolecular Hbond substituents is 2. The van der Waals surface area contributed by atoms with Crippen LogP contribution < -0.4 is 20.4 Å². The highest BCUT2D eigenvalue weighted by atomic mass is 16.7. The molecule has 4 bridgehead atoms. The molecule has 7 atom stereocenters. The molecular weight excluding hydrogens is 783 g/mol. The molecule has 5 aliphatic rings. The summed E-state index contributed by atoms with van der Waals surface area (Å²) in [6.45, 7) is 15.7. The zero-order chi connectivity index (χ0) is 44.1. The normalized spacial score (nSPS) is 28.4. The predicted molar refractivity (Wildman–Crippen MR) is 231 cm³/mol. The minimum Gasteiger partial charge on any atom is -0.507 e. The Bertz CT molecular complexity index is 2530. The number of rotatable bonds is 3. The zero-order valence-corrected chi connectivity index (χ0v) is 36.2. The Hall–Kier alpha value is -5.89. The summed E-state index contributed by atoms with van der Waals surface area (Å²) in [5, 5.41) is 25.5. The molecule has 0 spiro atoms. The first kappa shape index (κ1) is 43.2. The van der Waals surface area contributed by atoms with Gasteiger partial charge in [0.15, 0.2) is 11.3 Å². The summed E-state index contributed by atoms with van der Waals surface area (Å²) in [6, 6.07) is 3.30. The van der Waals surface area contributed by atoms with Gasteiger partial charge in [-0.15, -0.1) is 0 Å². The van der Waals surface area contributed by atoms with Gasteiger partial charge < -0.3 is 43.8 Å². The molecule has 3 N–H and O–H groups in total. The molecule has 14 heteroatoms. The summed E-state index contributed by atoms with van der Waals surface area (Å²) in [4.78, 5) is 62.6. The average Bonchev–Trinajstić information content (AvgIpc) is 3.84. The highest BCUT2D eigenvalue weighted by molar-refractivity contribution is 6.22. The van der Waals surface area contributed by atoms with E-state index in [9.17, 15) is 29.4 Å². The van der Waals surface area contributed by atoms with Gasteiger partial charge in [-0.3, -0.25) is 19.2 Å². The van der Waals surface area contributed by atoms with Gasteiger partial charge in [0.25, 0.3) is 11.7 Å². The maximum Gasteiger partial charge on any atom is 0.312 e. The van der Waals surface area contributed by atoms with Crippen molar-refractivity contribution in [3.8, 4) is 28.7 Å². The largest absolute Gasteiger partial charge is 0.507 e. The van der Waals surface area contributed by atoms with Crippen molar-refractivity contribution in [3.05, 3.63) is 69.6 Å². The van der Waals surface area contributed by atoms with Gasteiger partial charge in [0.1, 0.15) is 40.3 Å². The number of carbonyl (C=O) groups excluding carboxylic acids is 3. The highest BCUT2D eigenvalue weighted by Crippen LogP contribution is 2.51. The van der Waals surface area contributed by atoms with Crippen LogP contribution in [0, 0.1) is 30.6 Å². The molecule has 0 saturated carbocycles. The van der Waals surface area contributed by atoms with E-state index in [-0.39, 0.29) is 90.9 Å². The quantitative estimate of drug-likeness (QED) is 0.102. The van der Waals surface area contributed by atoms with Gasteiger partial charge >= 0.3 is 11.8 Å². The van der Waals surface area contributed by atoms with Gasteiger partial charge in [-0.2, -0.15) is 0 Å². The number of ether oxygens (including phenoxy) is 4. The molecule has 0 aromatic heterocycles. The molecule has 0 radical (unpaired) electrons. The first-order chi connectivity index (χ1) is 28.9. The molecule has 7 rings (SSSR count). The van der Waals surface area contributed by atoms with Gasteiger partial charge in [-0.25, -0.2) is 4.98 Å². The van der Waals surface area contributed by atoms with Crippen molar-refractivity contribution in [3.63, 3.8) is 0 Å². The van der Waals surface area contributed by atoms with Crippen LogP contribution in [0.1, 0.15) is 90.1 Å². The van der Waals surface area contributed by atoms with Crippen LogP contribution in [-0.4, -0.2) is 71.1 Å². The molecule has 1 amide bonds. The summed E-state index contributed by atoms with van der Waals surface area (Å²) < 4.78 is 30.6. The second-order valence-corrected chi connectivity index (χ2v) is 17.2. The van der Waals surface area contributed by atoms with E-state index < -0.39 is 46.8 Å². The molecule has 61 heavy (non-hydrogen) atoms. The molecule has 2 aromatic carbocycles. The monoisotopic (exact) mass is 837 g/mol. The third kappa shape index (κ3) is 8.05. The molecule has 2 aromatic rings. The van der Waals surface area contributed by atoms with Gasteiger partial charge in [0, 0.05) is 74.3 Å². The Morgan fingerprint density at radius 1 is 1.02 bits per heavy atom. The van der Waals surface area contributed by atoms with Crippen molar-refractivity contribution in [2.24, 2.45) is 23.7 Å². The third-order valence-electron chi connectivity index (χ3n) is 12.3. The number of carbonyl (C=O) groups is 3. The highest BCUT2D eigenvalue weighted by Gasteiger charge is 2.50. The van der Waals surface area contributed by atoms with Gasteiger partial charge in [0.2, 0.25) is 5.43 Å². The number of allylic oxidation sites excluding steroid dienone is 3. The summed E-state index contributed by atoms with van der Waals surface area (Å²) in [6.07, 6.45) is 10.8. The van der Waals surface area contributed by atoms with Crippen LogP contribution in [0.25, 0.3) is 33.3 Å². The first-order valence-electron chi connectivity index (χ1n) is 21.0. The maximum atomic E-state index is 14.7. The van der Waals surface area contributed by atoms with E-state index in [1.54, 1.807) is 37.3 Å². The molecule has 1 aliphatic carbocycles. The molecular formula is C47H55N3O11. The minimum atomic E-state index is -1.99.